The molecule has 0 aromatic carbocycles. The molecule has 1 aromatic heterocycles. The molecule has 0 bridgehead atoms. The van der Waals surface area contributed by atoms with Gasteiger partial charge in [0.25, 0.3) is 0 Å². The van der Waals surface area contributed by atoms with Crippen molar-refractivity contribution >= 4 is 28.7 Å². The summed E-state index contributed by atoms with van der Waals surface area (Å²) < 4.78 is 0. The number of piperazine rings is 1. The zero-order chi connectivity index (χ0) is 16.2. The van der Waals surface area contributed by atoms with Crippen LogP contribution in [-0.4, -0.2) is 64.4 Å². The van der Waals surface area contributed by atoms with Crippen molar-refractivity contribution in [3.05, 3.63) is 24.0 Å². The van der Waals surface area contributed by atoms with E-state index in [1.165, 1.54) is 0 Å². The highest BCUT2D eigenvalue weighted by molar-refractivity contribution is 7.80. The minimum atomic E-state index is 0.594. The molecule has 7 heteroatoms. The first-order valence-electron chi connectivity index (χ1n) is 8.20. The van der Waals surface area contributed by atoms with Crippen LogP contribution in [0.15, 0.2) is 23.4 Å². The molecule has 0 radical (unpaired) electrons. The van der Waals surface area contributed by atoms with Crippen molar-refractivity contribution in [2.75, 3.05) is 38.0 Å². The Morgan fingerprint density at radius 2 is 2.13 bits per heavy atom. The van der Waals surface area contributed by atoms with Gasteiger partial charge in [-0.25, -0.2) is 0 Å². The zero-order valence-corrected chi connectivity index (χ0v) is 14.6. The fourth-order valence-electron chi connectivity index (χ4n) is 2.95. The van der Waals surface area contributed by atoms with E-state index in [2.05, 4.69) is 44.5 Å². The second kappa shape index (κ2) is 7.23. The lowest BCUT2D eigenvalue weighted by molar-refractivity contribution is 0.148. The number of aromatic nitrogens is 1. The van der Waals surface area contributed by atoms with Gasteiger partial charge in [-0.15, -0.1) is 0 Å². The number of nitrogens with one attached hydrogen (secondary N) is 2. The summed E-state index contributed by atoms with van der Waals surface area (Å²) >= 11 is 5.50. The van der Waals surface area contributed by atoms with Crippen molar-refractivity contribution < 1.29 is 0 Å². The molecule has 0 saturated carbocycles. The standard InChI is InChI=1S/C16H24N6S/c1-12(2)21-8-10-22(11-9-21)16(23)20-19-14-5-7-17-13-4-3-6-18-15(13)14/h3-4,6,12,17H,5,7-11H2,1-2H3,(H,20,23)/b19-14-. The monoisotopic (exact) mass is 332 g/mol. The van der Waals surface area contributed by atoms with Gasteiger partial charge in [0.15, 0.2) is 5.11 Å². The third kappa shape index (κ3) is 3.79. The van der Waals surface area contributed by atoms with Gasteiger partial charge in [-0.05, 0) is 38.2 Å². The summed E-state index contributed by atoms with van der Waals surface area (Å²) in [5, 5.41) is 8.57. The lowest BCUT2D eigenvalue weighted by Crippen LogP contribution is -2.52. The summed E-state index contributed by atoms with van der Waals surface area (Å²) in [5.41, 5.74) is 5.98. The maximum Gasteiger partial charge on any atom is 0.189 e. The first-order valence-corrected chi connectivity index (χ1v) is 8.61. The Morgan fingerprint density at radius 1 is 1.35 bits per heavy atom. The van der Waals surface area contributed by atoms with E-state index < -0.39 is 0 Å². The second-order valence-electron chi connectivity index (χ2n) is 6.17. The maximum atomic E-state index is 5.50. The van der Waals surface area contributed by atoms with E-state index >= 15 is 0 Å². The van der Waals surface area contributed by atoms with Crippen molar-refractivity contribution in [1.82, 2.24) is 20.2 Å². The molecule has 23 heavy (non-hydrogen) atoms. The molecular formula is C16H24N6S. The Morgan fingerprint density at radius 3 is 2.87 bits per heavy atom. The number of fused-ring (bicyclic) bond motifs is 1. The van der Waals surface area contributed by atoms with E-state index in [0.717, 1.165) is 56.2 Å². The molecule has 3 rings (SSSR count). The Hall–Kier alpha value is -1.73. The number of nitrogens with zero attached hydrogens (tertiary/aromatic N) is 4. The molecule has 0 unspecified atom stereocenters. The lowest BCUT2D eigenvalue weighted by Gasteiger charge is -2.37. The molecule has 124 valence electrons. The van der Waals surface area contributed by atoms with Crippen LogP contribution in [0.4, 0.5) is 5.69 Å². The molecule has 2 aliphatic rings. The highest BCUT2D eigenvalue weighted by Gasteiger charge is 2.21. The van der Waals surface area contributed by atoms with Crippen molar-refractivity contribution in [2.24, 2.45) is 5.10 Å². The van der Waals surface area contributed by atoms with Crippen molar-refractivity contribution in [3.8, 4) is 0 Å². The summed E-state index contributed by atoms with van der Waals surface area (Å²) in [6, 6.07) is 4.55. The highest BCUT2D eigenvalue weighted by atomic mass is 32.1. The minimum absolute atomic E-state index is 0.594. The molecule has 1 saturated heterocycles. The minimum Gasteiger partial charge on any atom is -0.383 e. The summed E-state index contributed by atoms with van der Waals surface area (Å²) in [6.07, 6.45) is 2.64. The molecule has 0 atom stereocenters. The van der Waals surface area contributed by atoms with E-state index in [0.29, 0.717) is 11.2 Å². The van der Waals surface area contributed by atoms with Crippen LogP contribution < -0.4 is 10.7 Å². The first-order chi connectivity index (χ1) is 11.1. The fraction of sp³-hybridized carbons (Fsp3) is 0.562. The average molecular weight is 332 g/mol. The zero-order valence-electron chi connectivity index (χ0n) is 13.7. The molecule has 0 amide bonds. The SMILES string of the molecule is CC(C)N1CCN(C(=S)N/N=C2/CCNc3cccnc32)CC1. The number of hydrazone groups is 1. The van der Waals surface area contributed by atoms with Crippen LogP contribution in [0.25, 0.3) is 0 Å². The fourth-order valence-corrected chi connectivity index (χ4v) is 3.18. The van der Waals surface area contributed by atoms with E-state index in [1.807, 2.05) is 12.1 Å². The second-order valence-corrected chi connectivity index (χ2v) is 6.56. The number of anilines is 1. The molecule has 2 aliphatic heterocycles. The largest absolute Gasteiger partial charge is 0.383 e. The van der Waals surface area contributed by atoms with E-state index in [4.69, 9.17) is 12.2 Å². The van der Waals surface area contributed by atoms with Crippen molar-refractivity contribution in [2.45, 2.75) is 26.3 Å². The predicted molar refractivity (Wildman–Crippen MR) is 97.9 cm³/mol. The molecule has 3 heterocycles. The maximum absolute atomic E-state index is 5.50. The smallest absolute Gasteiger partial charge is 0.189 e. The average Bonchev–Trinajstić information content (AvgIpc) is 2.59. The van der Waals surface area contributed by atoms with Crippen LogP contribution in [0, 0.1) is 0 Å². The number of hydrogen-bond donors (Lipinski definition) is 2. The summed E-state index contributed by atoms with van der Waals surface area (Å²) in [7, 11) is 0. The van der Waals surface area contributed by atoms with Crippen LogP contribution in [-0.2, 0) is 0 Å². The van der Waals surface area contributed by atoms with E-state index in [-0.39, 0.29) is 0 Å². The van der Waals surface area contributed by atoms with Gasteiger partial charge in [-0.2, -0.15) is 5.10 Å². The quantitative estimate of drug-likeness (QED) is 0.632. The van der Waals surface area contributed by atoms with Crippen LogP contribution in [0.5, 0.6) is 0 Å². The number of rotatable bonds is 2. The molecule has 6 nitrogen and oxygen atoms in total. The number of hydrogen-bond acceptors (Lipinski definition) is 5. The third-order valence-corrected chi connectivity index (χ3v) is 4.73. The van der Waals surface area contributed by atoms with Crippen LogP contribution in [0.3, 0.4) is 0 Å². The van der Waals surface area contributed by atoms with Gasteiger partial charge >= 0.3 is 0 Å². The van der Waals surface area contributed by atoms with Gasteiger partial charge in [0.1, 0.15) is 5.69 Å². The number of thiocarbonyl (C=S) groups is 1. The molecule has 0 aliphatic carbocycles. The normalized spacial score (nSPS) is 20.3. The predicted octanol–water partition coefficient (Wildman–Crippen LogP) is 1.50. The summed E-state index contributed by atoms with van der Waals surface area (Å²) in [5.74, 6) is 0. The first kappa shape index (κ1) is 16.1. The Balaban J connectivity index is 1.60. The molecule has 2 N–H and O–H groups in total. The van der Waals surface area contributed by atoms with Crippen LogP contribution in [0.1, 0.15) is 26.0 Å². The van der Waals surface area contributed by atoms with Gasteiger partial charge in [0.2, 0.25) is 0 Å². The molecule has 1 fully saturated rings. The van der Waals surface area contributed by atoms with Crippen molar-refractivity contribution in [1.29, 1.82) is 0 Å². The van der Waals surface area contributed by atoms with Gasteiger partial charge in [-0.1, -0.05) is 0 Å². The third-order valence-electron chi connectivity index (χ3n) is 4.38. The van der Waals surface area contributed by atoms with Crippen LogP contribution >= 0.6 is 12.2 Å². The molecule has 1 aromatic rings. The summed E-state index contributed by atoms with van der Waals surface area (Å²) in [4.78, 5) is 9.09. The van der Waals surface area contributed by atoms with Gasteiger partial charge < -0.3 is 10.2 Å². The molecular weight excluding hydrogens is 308 g/mol. The van der Waals surface area contributed by atoms with Gasteiger partial charge in [0, 0.05) is 51.4 Å². The van der Waals surface area contributed by atoms with E-state index in [9.17, 15) is 0 Å². The van der Waals surface area contributed by atoms with Crippen LogP contribution in [0.2, 0.25) is 0 Å². The Labute approximate surface area is 142 Å². The Kier molecular flexibility index (Phi) is 5.07. The topological polar surface area (TPSA) is 55.8 Å². The van der Waals surface area contributed by atoms with Gasteiger partial charge in [-0.3, -0.25) is 15.3 Å². The highest BCUT2D eigenvalue weighted by Crippen LogP contribution is 2.19. The molecule has 0 spiro atoms. The lowest BCUT2D eigenvalue weighted by atomic mass is 10.1. The van der Waals surface area contributed by atoms with E-state index in [1.54, 1.807) is 6.20 Å². The Bertz CT molecular complexity index is 592. The summed E-state index contributed by atoms with van der Waals surface area (Å²) in [6.45, 7) is 9.34. The van der Waals surface area contributed by atoms with Crippen molar-refractivity contribution in [3.63, 3.8) is 0 Å². The number of pyridine rings is 1. The van der Waals surface area contributed by atoms with Gasteiger partial charge in [0.05, 0.1) is 11.4 Å².